The fraction of sp³-hybridized carbons (Fsp3) is 0.375. The molecule has 0 spiro atoms. The number of imide groups is 1. The molecule has 0 saturated carbocycles. The number of H-pyrrole nitrogens is 1. The Kier molecular flexibility index (Phi) is 7.34. The molecule has 1 aliphatic rings. The van der Waals surface area contributed by atoms with E-state index in [0.29, 0.717) is 23.4 Å². The molecule has 0 unspecified atom stereocenters. The van der Waals surface area contributed by atoms with Crippen LogP contribution in [0.5, 0.6) is 0 Å². The summed E-state index contributed by atoms with van der Waals surface area (Å²) in [5.41, 5.74) is 0.606. The summed E-state index contributed by atoms with van der Waals surface area (Å²) in [5.74, 6) is -2.12. The Morgan fingerprint density at radius 1 is 1.06 bits per heavy atom. The number of nitrogens with one attached hydrogen (secondary N) is 3. The number of aliphatic carboxylic acids is 1. The molecule has 0 fully saturated rings. The van der Waals surface area contributed by atoms with Crippen LogP contribution in [-0.2, 0) is 16.1 Å². The molecule has 1 aliphatic heterocycles. The number of benzene rings is 2. The van der Waals surface area contributed by atoms with Crippen molar-refractivity contribution in [2.75, 3.05) is 6.54 Å². The average Bonchev–Trinajstić information content (AvgIpc) is 3.45. The molecule has 12 nitrogen and oxygen atoms in total. The highest BCUT2D eigenvalue weighted by atomic mass is 16.4. The number of carbonyl (C=O) groups excluding carboxylic acids is 3. The fourth-order valence-corrected chi connectivity index (χ4v) is 4.23. The van der Waals surface area contributed by atoms with Crippen LogP contribution >= 0.6 is 0 Å². The van der Waals surface area contributed by atoms with Crippen molar-refractivity contribution in [2.24, 2.45) is 5.92 Å². The SMILES string of the molecule is CC(C)C[C@H](N[C@H](CCN1C(=O)c2cc3ccccc3cc2C1=O)C(=O)O)C(=O)NCc1nn[nH]n1. The quantitative estimate of drug-likeness (QED) is 0.286. The number of aromatic nitrogens is 4. The van der Waals surface area contributed by atoms with Gasteiger partial charge in [0.2, 0.25) is 5.91 Å². The number of aromatic amines is 1. The number of hydrogen-bond acceptors (Lipinski definition) is 8. The third-order valence-electron chi connectivity index (χ3n) is 6.01. The summed E-state index contributed by atoms with van der Waals surface area (Å²) in [7, 11) is 0. The van der Waals surface area contributed by atoms with E-state index in [-0.39, 0.29) is 25.4 Å². The number of carboxylic acid groups (broad SMARTS) is 1. The van der Waals surface area contributed by atoms with Crippen molar-refractivity contribution in [2.45, 2.75) is 45.3 Å². The Hall–Kier alpha value is -4.19. The summed E-state index contributed by atoms with van der Waals surface area (Å²) in [6.45, 7) is 3.76. The summed E-state index contributed by atoms with van der Waals surface area (Å²) in [6.07, 6.45) is 0.314. The maximum Gasteiger partial charge on any atom is 0.320 e. The molecular formula is C24H27N7O5. The normalized spacial score (nSPS) is 14.8. The van der Waals surface area contributed by atoms with Crippen molar-refractivity contribution >= 4 is 34.5 Å². The van der Waals surface area contributed by atoms with E-state index >= 15 is 0 Å². The molecule has 0 bridgehead atoms. The molecule has 3 amide bonds. The minimum atomic E-state index is -1.18. The van der Waals surface area contributed by atoms with Gasteiger partial charge in [0, 0.05) is 6.54 Å². The number of tetrazole rings is 1. The molecule has 2 aromatic carbocycles. The van der Waals surface area contributed by atoms with E-state index in [9.17, 15) is 24.3 Å². The Morgan fingerprint density at radius 2 is 1.69 bits per heavy atom. The van der Waals surface area contributed by atoms with Gasteiger partial charge in [0.1, 0.15) is 6.04 Å². The van der Waals surface area contributed by atoms with E-state index in [1.165, 1.54) is 0 Å². The number of fused-ring (bicyclic) bond motifs is 2. The van der Waals surface area contributed by atoms with E-state index in [2.05, 4.69) is 31.3 Å². The van der Waals surface area contributed by atoms with E-state index < -0.39 is 35.8 Å². The summed E-state index contributed by atoms with van der Waals surface area (Å²) in [5, 5.41) is 30.3. The summed E-state index contributed by atoms with van der Waals surface area (Å²) in [4.78, 5) is 51.8. The molecule has 4 N–H and O–H groups in total. The van der Waals surface area contributed by atoms with Crippen molar-refractivity contribution in [3.05, 3.63) is 53.3 Å². The molecule has 3 aromatic rings. The molecular weight excluding hydrogens is 466 g/mol. The van der Waals surface area contributed by atoms with Crippen LogP contribution < -0.4 is 10.6 Å². The number of hydrogen-bond donors (Lipinski definition) is 4. The second-order valence-electron chi connectivity index (χ2n) is 9.08. The molecule has 4 rings (SSSR count). The van der Waals surface area contributed by atoms with Crippen LogP contribution in [0.25, 0.3) is 10.8 Å². The Balaban J connectivity index is 1.44. The lowest BCUT2D eigenvalue weighted by atomic mass is 10.0. The maximum atomic E-state index is 13.0. The van der Waals surface area contributed by atoms with Gasteiger partial charge in [-0.3, -0.25) is 29.4 Å². The molecule has 1 aromatic heterocycles. The van der Waals surface area contributed by atoms with E-state index in [4.69, 9.17) is 0 Å². The first kappa shape index (κ1) is 24.9. The second-order valence-corrected chi connectivity index (χ2v) is 9.08. The highest BCUT2D eigenvalue weighted by Gasteiger charge is 2.37. The number of carbonyl (C=O) groups is 4. The molecule has 0 saturated heterocycles. The fourth-order valence-electron chi connectivity index (χ4n) is 4.23. The number of carboxylic acids is 1. The molecule has 2 heterocycles. The van der Waals surface area contributed by atoms with Gasteiger partial charge in [-0.1, -0.05) is 43.3 Å². The van der Waals surface area contributed by atoms with Gasteiger partial charge in [0.15, 0.2) is 5.82 Å². The average molecular weight is 494 g/mol. The van der Waals surface area contributed by atoms with Crippen LogP contribution in [0.15, 0.2) is 36.4 Å². The minimum Gasteiger partial charge on any atom is -0.480 e. The van der Waals surface area contributed by atoms with Crippen LogP contribution in [0.4, 0.5) is 0 Å². The molecule has 2 atom stereocenters. The summed E-state index contributed by atoms with van der Waals surface area (Å²) < 4.78 is 0. The van der Waals surface area contributed by atoms with Crippen molar-refractivity contribution in [1.29, 1.82) is 0 Å². The summed E-state index contributed by atoms with van der Waals surface area (Å²) in [6, 6.07) is 8.82. The second kappa shape index (κ2) is 10.6. The van der Waals surface area contributed by atoms with Gasteiger partial charge in [0.05, 0.1) is 23.7 Å². The highest BCUT2D eigenvalue weighted by molar-refractivity contribution is 6.23. The van der Waals surface area contributed by atoms with Gasteiger partial charge in [-0.05, 0) is 41.7 Å². The van der Waals surface area contributed by atoms with Gasteiger partial charge in [-0.2, -0.15) is 5.21 Å². The zero-order chi connectivity index (χ0) is 25.8. The lowest BCUT2D eigenvalue weighted by Crippen LogP contribution is -2.52. The van der Waals surface area contributed by atoms with Crippen LogP contribution in [0.3, 0.4) is 0 Å². The van der Waals surface area contributed by atoms with E-state index in [1.54, 1.807) is 12.1 Å². The van der Waals surface area contributed by atoms with E-state index in [0.717, 1.165) is 15.7 Å². The maximum absolute atomic E-state index is 13.0. The lowest BCUT2D eigenvalue weighted by molar-refractivity contribution is -0.140. The Morgan fingerprint density at radius 3 is 2.22 bits per heavy atom. The first-order chi connectivity index (χ1) is 17.2. The van der Waals surface area contributed by atoms with E-state index in [1.807, 2.05) is 38.1 Å². The lowest BCUT2D eigenvalue weighted by Gasteiger charge is -2.25. The van der Waals surface area contributed by atoms with Gasteiger partial charge < -0.3 is 10.4 Å². The Labute approximate surface area is 206 Å². The van der Waals surface area contributed by atoms with Crippen LogP contribution in [0.2, 0.25) is 0 Å². The zero-order valence-corrected chi connectivity index (χ0v) is 19.9. The van der Waals surface area contributed by atoms with Crippen LogP contribution in [0, 0.1) is 5.92 Å². The van der Waals surface area contributed by atoms with Crippen LogP contribution in [-0.4, -0.2) is 72.9 Å². The third-order valence-corrected chi connectivity index (χ3v) is 6.01. The standard InChI is InChI=1S/C24H27N7O5/c1-13(2)9-19(21(32)25-12-20-27-29-30-28-20)26-18(24(35)36)7-8-31-22(33)16-10-14-5-3-4-6-15(14)11-17(16)23(31)34/h3-6,10-11,13,18-19,26H,7-9,12H2,1-2H3,(H,25,32)(H,35,36)(H,27,28,29,30)/t18-,19+/m1/s1. The highest BCUT2D eigenvalue weighted by Crippen LogP contribution is 2.28. The summed E-state index contributed by atoms with van der Waals surface area (Å²) >= 11 is 0. The number of amides is 3. The van der Waals surface area contributed by atoms with Gasteiger partial charge in [0.25, 0.3) is 11.8 Å². The largest absolute Gasteiger partial charge is 0.480 e. The van der Waals surface area contributed by atoms with Crippen LogP contribution in [0.1, 0.15) is 53.2 Å². The van der Waals surface area contributed by atoms with Crippen molar-refractivity contribution in [3.8, 4) is 0 Å². The van der Waals surface area contributed by atoms with Crippen molar-refractivity contribution < 1.29 is 24.3 Å². The monoisotopic (exact) mass is 493 g/mol. The Bertz CT molecular complexity index is 1240. The minimum absolute atomic E-state index is 0.0345. The number of nitrogens with zero attached hydrogens (tertiary/aromatic N) is 4. The first-order valence-corrected chi connectivity index (χ1v) is 11.6. The van der Waals surface area contributed by atoms with Gasteiger partial charge in [-0.25, -0.2) is 0 Å². The molecule has 36 heavy (non-hydrogen) atoms. The first-order valence-electron chi connectivity index (χ1n) is 11.6. The van der Waals surface area contributed by atoms with Crippen molar-refractivity contribution in [3.63, 3.8) is 0 Å². The predicted molar refractivity (Wildman–Crippen MR) is 128 cm³/mol. The van der Waals surface area contributed by atoms with Crippen molar-refractivity contribution in [1.82, 2.24) is 36.2 Å². The van der Waals surface area contributed by atoms with Gasteiger partial charge >= 0.3 is 5.97 Å². The molecule has 12 heteroatoms. The zero-order valence-electron chi connectivity index (χ0n) is 19.9. The molecule has 188 valence electrons. The molecule has 0 aliphatic carbocycles. The topological polar surface area (TPSA) is 170 Å². The third kappa shape index (κ3) is 5.38. The van der Waals surface area contributed by atoms with Gasteiger partial charge in [-0.15, -0.1) is 10.2 Å². The number of rotatable bonds is 11. The predicted octanol–water partition coefficient (Wildman–Crippen LogP) is 1.11. The molecule has 0 radical (unpaired) electrons. The smallest absolute Gasteiger partial charge is 0.320 e.